The monoisotopic (exact) mass is 290 g/mol. The zero-order chi connectivity index (χ0) is 14.2. The maximum Gasteiger partial charge on any atom is 0.119 e. The van der Waals surface area contributed by atoms with E-state index in [1.807, 2.05) is 36.4 Å². The highest BCUT2D eigenvalue weighted by Gasteiger charge is 2.11. The van der Waals surface area contributed by atoms with Gasteiger partial charge in [-0.05, 0) is 36.7 Å². The van der Waals surface area contributed by atoms with E-state index in [-0.39, 0.29) is 6.04 Å². The summed E-state index contributed by atoms with van der Waals surface area (Å²) in [6.07, 6.45) is 4.27. The number of nitrogens with zero attached hydrogens (tertiary/aromatic N) is 1. The summed E-state index contributed by atoms with van der Waals surface area (Å²) < 4.78 is 5.81. The van der Waals surface area contributed by atoms with Crippen molar-refractivity contribution < 1.29 is 4.74 Å². The SMILES string of the molecule is CCNC(COc1ccccc1)Cc1ccncc1Cl. The van der Waals surface area contributed by atoms with Crippen LogP contribution < -0.4 is 10.1 Å². The predicted molar refractivity (Wildman–Crippen MR) is 82.4 cm³/mol. The van der Waals surface area contributed by atoms with Crippen molar-refractivity contribution in [2.24, 2.45) is 0 Å². The average Bonchev–Trinajstić information content (AvgIpc) is 2.48. The number of hydrogen-bond donors (Lipinski definition) is 1. The molecular formula is C16H19ClN2O. The Morgan fingerprint density at radius 3 is 2.75 bits per heavy atom. The molecule has 0 fully saturated rings. The predicted octanol–water partition coefficient (Wildman–Crippen LogP) is 3.33. The lowest BCUT2D eigenvalue weighted by Crippen LogP contribution is -2.36. The van der Waals surface area contributed by atoms with Gasteiger partial charge in [-0.3, -0.25) is 4.98 Å². The number of hydrogen-bond acceptors (Lipinski definition) is 3. The normalized spacial score (nSPS) is 12.1. The van der Waals surface area contributed by atoms with Crippen LogP contribution in [0.4, 0.5) is 0 Å². The van der Waals surface area contributed by atoms with E-state index in [0.717, 1.165) is 24.3 Å². The number of halogens is 1. The van der Waals surface area contributed by atoms with Gasteiger partial charge in [0.25, 0.3) is 0 Å². The molecule has 0 saturated carbocycles. The molecule has 0 saturated heterocycles. The van der Waals surface area contributed by atoms with Gasteiger partial charge in [0.1, 0.15) is 12.4 Å². The molecule has 3 nitrogen and oxygen atoms in total. The Bertz CT molecular complexity index is 519. The molecule has 1 aromatic carbocycles. The van der Waals surface area contributed by atoms with Crippen LogP contribution in [0.15, 0.2) is 48.8 Å². The Morgan fingerprint density at radius 2 is 2.05 bits per heavy atom. The third-order valence-electron chi connectivity index (χ3n) is 3.01. The van der Waals surface area contributed by atoms with Gasteiger partial charge in [0.2, 0.25) is 0 Å². The van der Waals surface area contributed by atoms with E-state index in [9.17, 15) is 0 Å². The minimum absolute atomic E-state index is 0.222. The number of nitrogens with one attached hydrogen (secondary N) is 1. The van der Waals surface area contributed by atoms with E-state index < -0.39 is 0 Å². The summed E-state index contributed by atoms with van der Waals surface area (Å²) in [6, 6.07) is 12.0. The lowest BCUT2D eigenvalue weighted by Gasteiger charge is -2.19. The van der Waals surface area contributed by atoms with Gasteiger partial charge in [-0.2, -0.15) is 0 Å². The van der Waals surface area contributed by atoms with Gasteiger partial charge in [-0.15, -0.1) is 0 Å². The average molecular weight is 291 g/mol. The van der Waals surface area contributed by atoms with Crippen LogP contribution in [0.5, 0.6) is 5.75 Å². The number of pyridine rings is 1. The third kappa shape index (κ3) is 4.51. The second-order valence-electron chi connectivity index (χ2n) is 4.55. The molecule has 0 aliphatic rings. The van der Waals surface area contributed by atoms with Crippen LogP contribution in [-0.2, 0) is 6.42 Å². The van der Waals surface area contributed by atoms with Crippen LogP contribution in [0.25, 0.3) is 0 Å². The van der Waals surface area contributed by atoms with Crippen LogP contribution >= 0.6 is 11.6 Å². The largest absolute Gasteiger partial charge is 0.492 e. The van der Waals surface area contributed by atoms with Crippen molar-refractivity contribution in [2.45, 2.75) is 19.4 Å². The van der Waals surface area contributed by atoms with E-state index in [4.69, 9.17) is 16.3 Å². The molecule has 1 unspecified atom stereocenters. The molecule has 0 aliphatic heterocycles. The number of benzene rings is 1. The summed E-state index contributed by atoms with van der Waals surface area (Å²) in [5.41, 5.74) is 1.09. The first-order valence-corrected chi connectivity index (χ1v) is 7.17. The molecule has 0 aliphatic carbocycles. The number of rotatable bonds is 7. The summed E-state index contributed by atoms with van der Waals surface area (Å²) in [4.78, 5) is 4.01. The second kappa shape index (κ2) is 7.88. The van der Waals surface area contributed by atoms with Crippen LogP contribution in [0.1, 0.15) is 12.5 Å². The summed E-state index contributed by atoms with van der Waals surface area (Å²) >= 11 is 6.15. The van der Waals surface area contributed by atoms with Crippen molar-refractivity contribution in [1.29, 1.82) is 0 Å². The Balaban J connectivity index is 1.95. The summed E-state index contributed by atoms with van der Waals surface area (Å²) in [6.45, 7) is 3.59. The van der Waals surface area contributed by atoms with E-state index in [2.05, 4.69) is 17.2 Å². The molecule has 0 radical (unpaired) electrons. The minimum atomic E-state index is 0.222. The molecule has 2 aromatic rings. The Morgan fingerprint density at radius 1 is 1.25 bits per heavy atom. The van der Waals surface area contributed by atoms with Crippen LogP contribution in [-0.4, -0.2) is 24.2 Å². The first kappa shape index (κ1) is 14.8. The molecule has 1 heterocycles. The van der Waals surface area contributed by atoms with Gasteiger partial charge in [0.05, 0.1) is 5.02 Å². The lowest BCUT2D eigenvalue weighted by atomic mass is 10.1. The van der Waals surface area contributed by atoms with E-state index in [0.29, 0.717) is 11.6 Å². The van der Waals surface area contributed by atoms with Crippen molar-refractivity contribution in [3.63, 3.8) is 0 Å². The van der Waals surface area contributed by atoms with Crippen LogP contribution in [0.3, 0.4) is 0 Å². The standard InChI is InChI=1S/C16H19ClN2O/c1-2-19-14(10-13-8-9-18-11-16(13)17)12-20-15-6-4-3-5-7-15/h3-9,11,14,19H,2,10,12H2,1H3. The lowest BCUT2D eigenvalue weighted by molar-refractivity contribution is 0.265. The minimum Gasteiger partial charge on any atom is -0.492 e. The summed E-state index contributed by atoms with van der Waals surface area (Å²) in [5, 5.41) is 4.13. The summed E-state index contributed by atoms with van der Waals surface area (Å²) in [7, 11) is 0. The first-order valence-electron chi connectivity index (χ1n) is 6.79. The smallest absolute Gasteiger partial charge is 0.119 e. The number of ether oxygens (including phenoxy) is 1. The third-order valence-corrected chi connectivity index (χ3v) is 3.35. The summed E-state index contributed by atoms with van der Waals surface area (Å²) in [5.74, 6) is 0.885. The van der Waals surface area contributed by atoms with Gasteiger partial charge < -0.3 is 10.1 Å². The van der Waals surface area contributed by atoms with Gasteiger partial charge in [0.15, 0.2) is 0 Å². The molecule has 4 heteroatoms. The Labute approximate surface area is 124 Å². The fraction of sp³-hybridized carbons (Fsp3) is 0.312. The van der Waals surface area contributed by atoms with Crippen molar-refractivity contribution in [3.05, 3.63) is 59.4 Å². The Kier molecular flexibility index (Phi) is 5.84. The van der Waals surface area contributed by atoms with Crippen molar-refractivity contribution in [2.75, 3.05) is 13.2 Å². The number of aromatic nitrogens is 1. The molecule has 0 spiro atoms. The van der Waals surface area contributed by atoms with Crippen molar-refractivity contribution >= 4 is 11.6 Å². The second-order valence-corrected chi connectivity index (χ2v) is 4.96. The molecule has 0 bridgehead atoms. The van der Waals surface area contributed by atoms with E-state index in [1.165, 1.54) is 0 Å². The fourth-order valence-electron chi connectivity index (χ4n) is 2.03. The van der Waals surface area contributed by atoms with E-state index >= 15 is 0 Å². The van der Waals surface area contributed by atoms with Crippen LogP contribution in [0, 0.1) is 0 Å². The van der Waals surface area contributed by atoms with Gasteiger partial charge in [-0.25, -0.2) is 0 Å². The molecule has 1 aromatic heterocycles. The van der Waals surface area contributed by atoms with Gasteiger partial charge in [-0.1, -0.05) is 36.7 Å². The molecule has 0 amide bonds. The molecule has 1 atom stereocenters. The zero-order valence-corrected chi connectivity index (χ0v) is 12.3. The van der Waals surface area contributed by atoms with Gasteiger partial charge >= 0.3 is 0 Å². The quantitative estimate of drug-likeness (QED) is 0.849. The van der Waals surface area contributed by atoms with Crippen molar-refractivity contribution in [1.82, 2.24) is 10.3 Å². The highest BCUT2D eigenvalue weighted by atomic mass is 35.5. The van der Waals surface area contributed by atoms with Gasteiger partial charge in [0, 0.05) is 18.4 Å². The molecule has 1 N–H and O–H groups in total. The van der Waals surface area contributed by atoms with Crippen LogP contribution in [0.2, 0.25) is 5.02 Å². The molecule has 20 heavy (non-hydrogen) atoms. The number of likely N-dealkylation sites (N-methyl/N-ethyl adjacent to an activating group) is 1. The van der Waals surface area contributed by atoms with E-state index in [1.54, 1.807) is 12.4 Å². The maximum atomic E-state index is 6.15. The zero-order valence-electron chi connectivity index (χ0n) is 11.6. The van der Waals surface area contributed by atoms with Crippen molar-refractivity contribution in [3.8, 4) is 5.75 Å². The molecular weight excluding hydrogens is 272 g/mol. The highest BCUT2D eigenvalue weighted by Crippen LogP contribution is 2.16. The number of para-hydroxylation sites is 1. The maximum absolute atomic E-state index is 6.15. The highest BCUT2D eigenvalue weighted by molar-refractivity contribution is 6.31. The Hall–Kier alpha value is -1.58. The topological polar surface area (TPSA) is 34.1 Å². The first-order chi connectivity index (χ1) is 9.79. The fourth-order valence-corrected chi connectivity index (χ4v) is 2.22. The molecule has 2 rings (SSSR count). The molecule has 106 valence electrons.